The molecule has 3 N–H and O–H groups in total. The van der Waals surface area contributed by atoms with Crippen molar-refractivity contribution in [2.75, 3.05) is 0 Å². The molecule has 146 valence electrons. The molecule has 2 heterocycles. The monoisotopic (exact) mass is 373 g/mol. The van der Waals surface area contributed by atoms with Gasteiger partial charge in [0.15, 0.2) is 5.82 Å². The molecule has 1 amide bonds. The van der Waals surface area contributed by atoms with Gasteiger partial charge in [-0.2, -0.15) is 4.98 Å². The standard InChI is InChI=1S/C19H27N5O3/c1-11(2)21-14(25)10-24-13(4)16(12(3)9-15(24)26)17-22-18(23-27-17)19(20)7-5-6-8-19/h9,11H,5-8,10,20H2,1-4H3,(H,21,25). The molecule has 0 atom stereocenters. The first-order valence-electron chi connectivity index (χ1n) is 9.35. The number of nitrogens with one attached hydrogen (secondary N) is 1. The summed E-state index contributed by atoms with van der Waals surface area (Å²) in [5.74, 6) is 0.613. The normalized spacial score (nSPS) is 16.1. The van der Waals surface area contributed by atoms with Crippen molar-refractivity contribution in [1.29, 1.82) is 0 Å². The van der Waals surface area contributed by atoms with E-state index >= 15 is 0 Å². The lowest BCUT2D eigenvalue weighted by Gasteiger charge is -2.18. The van der Waals surface area contributed by atoms with Gasteiger partial charge in [0.2, 0.25) is 5.91 Å². The van der Waals surface area contributed by atoms with Crippen molar-refractivity contribution in [3.63, 3.8) is 0 Å². The summed E-state index contributed by atoms with van der Waals surface area (Å²) in [6.45, 7) is 7.29. The minimum absolute atomic E-state index is 0.00378. The Morgan fingerprint density at radius 2 is 2.04 bits per heavy atom. The maximum atomic E-state index is 12.4. The summed E-state index contributed by atoms with van der Waals surface area (Å²) < 4.78 is 6.93. The molecular formula is C19H27N5O3. The molecule has 2 aromatic heterocycles. The van der Waals surface area contributed by atoms with Gasteiger partial charge in [-0.3, -0.25) is 9.59 Å². The van der Waals surface area contributed by atoms with E-state index in [-0.39, 0.29) is 24.1 Å². The number of aromatic nitrogens is 3. The van der Waals surface area contributed by atoms with Crippen molar-refractivity contribution < 1.29 is 9.32 Å². The number of carbonyl (C=O) groups is 1. The minimum atomic E-state index is -0.546. The van der Waals surface area contributed by atoms with E-state index in [2.05, 4.69) is 15.5 Å². The maximum Gasteiger partial charge on any atom is 0.260 e. The first kappa shape index (κ1) is 19.3. The molecule has 3 rings (SSSR count). The van der Waals surface area contributed by atoms with Gasteiger partial charge in [-0.05, 0) is 46.1 Å². The second kappa shape index (κ2) is 7.26. The lowest BCUT2D eigenvalue weighted by Crippen LogP contribution is -2.37. The fourth-order valence-electron chi connectivity index (χ4n) is 3.71. The number of hydrogen-bond acceptors (Lipinski definition) is 6. The van der Waals surface area contributed by atoms with Crippen molar-refractivity contribution in [3.05, 3.63) is 33.5 Å². The second-order valence-corrected chi connectivity index (χ2v) is 7.72. The van der Waals surface area contributed by atoms with Crippen LogP contribution in [0.5, 0.6) is 0 Å². The topological polar surface area (TPSA) is 116 Å². The molecule has 1 saturated carbocycles. The van der Waals surface area contributed by atoms with Crippen LogP contribution in [0.15, 0.2) is 15.4 Å². The Balaban J connectivity index is 1.99. The summed E-state index contributed by atoms with van der Waals surface area (Å²) >= 11 is 0. The maximum absolute atomic E-state index is 12.4. The Labute approximate surface area is 158 Å². The molecule has 0 spiro atoms. The van der Waals surface area contributed by atoms with Crippen molar-refractivity contribution in [3.8, 4) is 11.5 Å². The largest absolute Gasteiger partial charge is 0.352 e. The van der Waals surface area contributed by atoms with Gasteiger partial charge in [0.25, 0.3) is 11.4 Å². The van der Waals surface area contributed by atoms with Gasteiger partial charge in [-0.25, -0.2) is 0 Å². The highest BCUT2D eigenvalue weighted by molar-refractivity contribution is 5.76. The van der Waals surface area contributed by atoms with E-state index in [1.807, 2.05) is 20.8 Å². The van der Waals surface area contributed by atoms with Gasteiger partial charge in [-0.1, -0.05) is 18.0 Å². The zero-order valence-electron chi connectivity index (χ0n) is 16.3. The molecule has 1 aliphatic carbocycles. The summed E-state index contributed by atoms with van der Waals surface area (Å²) in [6, 6.07) is 1.49. The quantitative estimate of drug-likeness (QED) is 0.825. The average molecular weight is 373 g/mol. The van der Waals surface area contributed by atoms with Gasteiger partial charge in [0.1, 0.15) is 6.54 Å². The third-order valence-electron chi connectivity index (χ3n) is 5.10. The molecule has 0 unspecified atom stereocenters. The van der Waals surface area contributed by atoms with E-state index in [9.17, 15) is 9.59 Å². The summed E-state index contributed by atoms with van der Waals surface area (Å²) in [5, 5.41) is 6.90. The van der Waals surface area contributed by atoms with Crippen LogP contribution in [0.1, 0.15) is 56.6 Å². The van der Waals surface area contributed by atoms with Crippen LogP contribution in [-0.2, 0) is 16.9 Å². The number of nitrogens with two attached hydrogens (primary N) is 1. The predicted molar refractivity (Wildman–Crippen MR) is 101 cm³/mol. The number of rotatable bonds is 5. The third-order valence-corrected chi connectivity index (χ3v) is 5.10. The minimum Gasteiger partial charge on any atom is -0.352 e. The Morgan fingerprint density at radius 1 is 1.37 bits per heavy atom. The Morgan fingerprint density at radius 3 is 2.67 bits per heavy atom. The van der Waals surface area contributed by atoms with Crippen LogP contribution >= 0.6 is 0 Å². The van der Waals surface area contributed by atoms with Crippen LogP contribution in [0.2, 0.25) is 0 Å². The first-order chi connectivity index (χ1) is 12.7. The Hall–Kier alpha value is -2.48. The van der Waals surface area contributed by atoms with Crippen LogP contribution in [0, 0.1) is 13.8 Å². The third kappa shape index (κ3) is 3.80. The van der Waals surface area contributed by atoms with E-state index in [4.69, 9.17) is 10.3 Å². The van der Waals surface area contributed by atoms with E-state index in [0.717, 1.165) is 31.2 Å². The highest BCUT2D eigenvalue weighted by atomic mass is 16.5. The summed E-state index contributed by atoms with van der Waals surface area (Å²) in [5.41, 5.74) is 7.66. The zero-order chi connectivity index (χ0) is 19.8. The number of nitrogens with zero attached hydrogens (tertiary/aromatic N) is 3. The van der Waals surface area contributed by atoms with Crippen LogP contribution in [-0.4, -0.2) is 26.7 Å². The summed E-state index contributed by atoms with van der Waals surface area (Å²) in [4.78, 5) is 29.1. The number of aryl methyl sites for hydroxylation is 1. The molecule has 0 bridgehead atoms. The van der Waals surface area contributed by atoms with Gasteiger partial charge in [0.05, 0.1) is 11.1 Å². The fourth-order valence-corrected chi connectivity index (χ4v) is 3.71. The lowest BCUT2D eigenvalue weighted by molar-refractivity contribution is -0.122. The van der Waals surface area contributed by atoms with Gasteiger partial charge in [0, 0.05) is 17.8 Å². The van der Waals surface area contributed by atoms with E-state index in [1.54, 1.807) is 6.92 Å². The molecule has 27 heavy (non-hydrogen) atoms. The Kier molecular flexibility index (Phi) is 5.19. The number of carbonyl (C=O) groups excluding carboxylic acids is 1. The summed E-state index contributed by atoms with van der Waals surface area (Å²) in [7, 11) is 0. The molecule has 1 aliphatic rings. The molecule has 1 fully saturated rings. The second-order valence-electron chi connectivity index (χ2n) is 7.72. The van der Waals surface area contributed by atoms with Crippen molar-refractivity contribution in [1.82, 2.24) is 20.0 Å². The molecular weight excluding hydrogens is 346 g/mol. The van der Waals surface area contributed by atoms with Crippen LogP contribution < -0.4 is 16.6 Å². The zero-order valence-corrected chi connectivity index (χ0v) is 16.3. The van der Waals surface area contributed by atoms with E-state index in [1.165, 1.54) is 10.6 Å². The van der Waals surface area contributed by atoms with Crippen LogP contribution in [0.4, 0.5) is 0 Å². The molecule has 0 aliphatic heterocycles. The van der Waals surface area contributed by atoms with Crippen LogP contribution in [0.25, 0.3) is 11.5 Å². The fraction of sp³-hybridized carbons (Fsp3) is 0.579. The predicted octanol–water partition coefficient (Wildman–Crippen LogP) is 1.77. The van der Waals surface area contributed by atoms with Crippen molar-refractivity contribution in [2.45, 2.75) is 71.5 Å². The summed E-state index contributed by atoms with van der Waals surface area (Å²) in [6.07, 6.45) is 3.76. The molecule has 8 heteroatoms. The van der Waals surface area contributed by atoms with Crippen molar-refractivity contribution in [2.24, 2.45) is 5.73 Å². The van der Waals surface area contributed by atoms with Gasteiger partial charge in [-0.15, -0.1) is 0 Å². The number of pyridine rings is 1. The average Bonchev–Trinajstić information content (AvgIpc) is 3.21. The number of amides is 1. The molecule has 2 aromatic rings. The van der Waals surface area contributed by atoms with Crippen molar-refractivity contribution >= 4 is 5.91 Å². The molecule has 0 saturated heterocycles. The first-order valence-corrected chi connectivity index (χ1v) is 9.35. The SMILES string of the molecule is Cc1cc(=O)n(CC(=O)NC(C)C)c(C)c1-c1nc(C2(N)CCCC2)no1. The van der Waals surface area contributed by atoms with Gasteiger partial charge >= 0.3 is 0 Å². The molecule has 8 nitrogen and oxygen atoms in total. The molecule has 0 radical (unpaired) electrons. The van der Waals surface area contributed by atoms with Crippen LogP contribution in [0.3, 0.4) is 0 Å². The smallest absolute Gasteiger partial charge is 0.260 e. The van der Waals surface area contributed by atoms with Gasteiger partial charge < -0.3 is 20.1 Å². The lowest BCUT2D eigenvalue weighted by atomic mass is 9.98. The highest BCUT2D eigenvalue weighted by Gasteiger charge is 2.36. The Bertz CT molecular complexity index is 907. The van der Waals surface area contributed by atoms with E-state index < -0.39 is 5.54 Å². The highest BCUT2D eigenvalue weighted by Crippen LogP contribution is 2.36. The van der Waals surface area contributed by atoms with E-state index in [0.29, 0.717) is 23.0 Å². The molecule has 0 aromatic carbocycles. The number of hydrogen-bond donors (Lipinski definition) is 2.